The molecule has 10 heteroatoms. The minimum absolute atomic E-state index is 0.153. The highest BCUT2D eigenvalue weighted by Crippen LogP contribution is 2.17. The van der Waals surface area contributed by atoms with Crippen LogP contribution in [0.1, 0.15) is 54.8 Å². The van der Waals surface area contributed by atoms with E-state index in [-0.39, 0.29) is 18.1 Å². The van der Waals surface area contributed by atoms with Gasteiger partial charge >= 0.3 is 0 Å². The Bertz CT molecular complexity index is 1190. The van der Waals surface area contributed by atoms with Crippen LogP contribution in [0.3, 0.4) is 0 Å². The van der Waals surface area contributed by atoms with Crippen molar-refractivity contribution in [2.24, 2.45) is 17.2 Å². The number of allylic oxidation sites excluding steroid dienone is 3. The summed E-state index contributed by atoms with van der Waals surface area (Å²) >= 11 is 1.57. The first-order valence-electron chi connectivity index (χ1n) is 13.4. The minimum atomic E-state index is -0.153. The van der Waals surface area contributed by atoms with Gasteiger partial charge in [-0.2, -0.15) is 0 Å². The molecule has 0 saturated carbocycles. The van der Waals surface area contributed by atoms with Gasteiger partial charge in [0.15, 0.2) is 0 Å². The average molecular weight is 566 g/mol. The number of anilines is 1. The van der Waals surface area contributed by atoms with Crippen molar-refractivity contribution in [2.45, 2.75) is 58.9 Å². The largest absolute Gasteiger partial charge is 0.402 e. The van der Waals surface area contributed by atoms with E-state index in [0.717, 1.165) is 64.5 Å². The molecule has 9 nitrogen and oxygen atoms in total. The van der Waals surface area contributed by atoms with Crippen LogP contribution >= 0.6 is 11.3 Å². The van der Waals surface area contributed by atoms with Crippen molar-refractivity contribution in [1.82, 2.24) is 15.5 Å². The van der Waals surface area contributed by atoms with Gasteiger partial charge in [0.2, 0.25) is 11.0 Å². The molecule has 216 valence electrons. The molecular formula is C30H43N7O2S. The van der Waals surface area contributed by atoms with E-state index >= 15 is 0 Å². The summed E-state index contributed by atoms with van der Waals surface area (Å²) in [5, 5.41) is 15.6. The molecule has 3 aromatic rings. The molecule has 0 aliphatic carbocycles. The van der Waals surface area contributed by atoms with E-state index in [4.69, 9.17) is 17.2 Å². The van der Waals surface area contributed by atoms with Gasteiger partial charge in [-0.1, -0.05) is 79.8 Å². The summed E-state index contributed by atoms with van der Waals surface area (Å²) in [7, 11) is 1.83. The van der Waals surface area contributed by atoms with Gasteiger partial charge in [-0.15, -0.1) is 10.2 Å². The number of hydrogen-bond acceptors (Lipinski definition) is 9. The maximum absolute atomic E-state index is 11.9. The normalized spacial score (nSPS) is 10.9. The third-order valence-corrected chi connectivity index (χ3v) is 6.30. The fraction of sp³-hybridized carbons (Fsp3) is 0.333. The van der Waals surface area contributed by atoms with E-state index in [1.165, 1.54) is 0 Å². The molecule has 3 rings (SSSR count). The Labute approximate surface area is 242 Å². The first-order chi connectivity index (χ1) is 19.4. The van der Waals surface area contributed by atoms with Crippen LogP contribution in [0, 0.1) is 0 Å². The first kappa shape index (κ1) is 34.0. The Morgan fingerprint density at radius 1 is 0.950 bits per heavy atom. The average Bonchev–Trinajstić information content (AvgIpc) is 3.44. The Balaban J connectivity index is 0.000000512. The van der Waals surface area contributed by atoms with E-state index in [9.17, 15) is 9.59 Å². The van der Waals surface area contributed by atoms with Crippen LogP contribution in [0.4, 0.5) is 5.13 Å². The van der Waals surface area contributed by atoms with Gasteiger partial charge in [0.25, 0.3) is 0 Å². The summed E-state index contributed by atoms with van der Waals surface area (Å²) in [6.07, 6.45) is 8.62. The third-order valence-electron chi connectivity index (χ3n) is 5.30. The SMILES string of the molecule is CC.CNc1nnc(CCCC/C(N)=C/C=C(\N)NC(=O)Cc2ccccc2)s1.NCc1cccc(CC=O)c1. The fourth-order valence-electron chi connectivity index (χ4n) is 3.35. The lowest BCUT2D eigenvalue weighted by Gasteiger charge is -2.05. The molecule has 2 aromatic carbocycles. The van der Waals surface area contributed by atoms with Crippen molar-refractivity contribution in [3.05, 3.63) is 100.0 Å². The summed E-state index contributed by atoms with van der Waals surface area (Å²) in [5.74, 6) is 0.132. The highest BCUT2D eigenvalue weighted by Gasteiger charge is 2.04. The molecule has 0 fully saturated rings. The third kappa shape index (κ3) is 14.8. The smallest absolute Gasteiger partial charge is 0.229 e. The van der Waals surface area contributed by atoms with Crippen LogP contribution in [-0.2, 0) is 35.4 Å². The number of carbonyl (C=O) groups excluding carboxylic acids is 2. The number of benzene rings is 2. The quantitative estimate of drug-likeness (QED) is 0.117. The number of unbranched alkanes of at least 4 members (excludes halogenated alkanes) is 1. The minimum Gasteiger partial charge on any atom is -0.402 e. The van der Waals surface area contributed by atoms with Crippen LogP contribution < -0.4 is 27.8 Å². The van der Waals surface area contributed by atoms with E-state index in [0.29, 0.717) is 13.0 Å². The van der Waals surface area contributed by atoms with Crippen molar-refractivity contribution >= 4 is 28.7 Å². The van der Waals surface area contributed by atoms with Crippen molar-refractivity contribution in [3.8, 4) is 0 Å². The topological polar surface area (TPSA) is 162 Å². The summed E-state index contributed by atoms with van der Waals surface area (Å²) in [6.45, 7) is 4.53. The standard InChI is InChI=1S/C19H26N6OS.C9H11NO.C2H6/c1-22-19-25-24-18(27-19)10-6-5-9-15(20)11-12-16(21)23-17(26)13-14-7-3-2-4-8-14;10-7-9-3-1-2-8(6-9)4-5-11;1-2/h2-4,7-8,11-12H,5-6,9-10,13,20-21H2,1H3,(H,22,25)(H,23,26);1-3,5-6H,4,7,10H2;1-2H3/b15-11-,16-12+;;. The molecule has 0 aliphatic rings. The molecule has 8 N–H and O–H groups in total. The number of aromatic nitrogens is 2. The second kappa shape index (κ2) is 20.9. The van der Waals surface area contributed by atoms with Gasteiger partial charge in [0.05, 0.1) is 6.42 Å². The fourth-order valence-corrected chi connectivity index (χ4v) is 4.08. The van der Waals surface area contributed by atoms with E-state index < -0.39 is 0 Å². The summed E-state index contributed by atoms with van der Waals surface area (Å²) < 4.78 is 0. The maximum Gasteiger partial charge on any atom is 0.229 e. The number of carbonyl (C=O) groups is 2. The summed E-state index contributed by atoms with van der Waals surface area (Å²) in [6, 6.07) is 17.3. The Hall–Kier alpha value is -4.02. The molecule has 0 saturated heterocycles. The first-order valence-corrected chi connectivity index (χ1v) is 14.2. The number of rotatable bonds is 13. The number of nitrogens with two attached hydrogens (primary N) is 3. The second-order valence-corrected chi connectivity index (χ2v) is 9.49. The number of aldehydes is 1. The van der Waals surface area contributed by atoms with Gasteiger partial charge in [-0.05, 0) is 48.1 Å². The number of nitrogens with one attached hydrogen (secondary N) is 2. The van der Waals surface area contributed by atoms with Gasteiger partial charge in [-0.25, -0.2) is 0 Å². The van der Waals surface area contributed by atoms with Gasteiger partial charge in [-0.3, -0.25) is 4.79 Å². The lowest BCUT2D eigenvalue weighted by atomic mass is 10.1. The molecule has 1 amide bonds. The zero-order chi connectivity index (χ0) is 29.6. The number of hydrogen-bond donors (Lipinski definition) is 5. The van der Waals surface area contributed by atoms with Crippen LogP contribution in [0.15, 0.2) is 78.3 Å². The van der Waals surface area contributed by atoms with E-state index in [1.807, 2.05) is 75.5 Å². The molecule has 0 atom stereocenters. The maximum atomic E-state index is 11.9. The van der Waals surface area contributed by atoms with Crippen LogP contribution in [0.2, 0.25) is 0 Å². The highest BCUT2D eigenvalue weighted by molar-refractivity contribution is 7.15. The summed E-state index contributed by atoms with van der Waals surface area (Å²) in [4.78, 5) is 22.1. The molecule has 40 heavy (non-hydrogen) atoms. The highest BCUT2D eigenvalue weighted by atomic mass is 32.1. The molecule has 1 aromatic heterocycles. The number of nitrogens with zero attached hydrogens (tertiary/aromatic N) is 2. The van der Waals surface area contributed by atoms with Gasteiger partial charge < -0.3 is 32.6 Å². The van der Waals surface area contributed by atoms with Gasteiger partial charge in [0.1, 0.15) is 17.1 Å². The molecule has 0 aliphatic heterocycles. The van der Waals surface area contributed by atoms with Gasteiger partial charge in [0, 0.05) is 32.1 Å². The number of amides is 1. The Kier molecular flexibility index (Phi) is 17.8. The lowest BCUT2D eigenvalue weighted by molar-refractivity contribution is -0.119. The predicted octanol–water partition coefficient (Wildman–Crippen LogP) is 4.21. The van der Waals surface area contributed by atoms with Crippen molar-refractivity contribution in [3.63, 3.8) is 0 Å². The van der Waals surface area contributed by atoms with Crippen molar-refractivity contribution in [1.29, 1.82) is 0 Å². The molecule has 0 bridgehead atoms. The lowest BCUT2D eigenvalue weighted by Crippen LogP contribution is -2.28. The molecule has 1 heterocycles. The van der Waals surface area contributed by atoms with E-state index in [2.05, 4.69) is 20.8 Å². The summed E-state index contributed by atoms with van der Waals surface area (Å²) in [5.41, 5.74) is 21.0. The zero-order valence-electron chi connectivity index (χ0n) is 23.7. The Morgan fingerprint density at radius 2 is 1.65 bits per heavy atom. The van der Waals surface area contributed by atoms with Crippen LogP contribution in [0.25, 0.3) is 0 Å². The molecule has 0 radical (unpaired) electrons. The van der Waals surface area contributed by atoms with Crippen LogP contribution in [-0.4, -0.2) is 29.4 Å². The van der Waals surface area contributed by atoms with Crippen molar-refractivity contribution < 1.29 is 9.59 Å². The molecule has 0 unspecified atom stereocenters. The predicted molar refractivity (Wildman–Crippen MR) is 165 cm³/mol. The molecular weight excluding hydrogens is 522 g/mol. The number of aryl methyl sites for hydroxylation is 1. The van der Waals surface area contributed by atoms with Crippen molar-refractivity contribution in [2.75, 3.05) is 12.4 Å². The second-order valence-electron chi connectivity index (χ2n) is 8.43. The zero-order valence-corrected chi connectivity index (χ0v) is 24.5. The Morgan fingerprint density at radius 3 is 2.30 bits per heavy atom. The van der Waals surface area contributed by atoms with Crippen LogP contribution in [0.5, 0.6) is 0 Å². The van der Waals surface area contributed by atoms with E-state index in [1.54, 1.807) is 23.5 Å². The monoisotopic (exact) mass is 565 g/mol. The molecule has 0 spiro atoms.